The summed E-state index contributed by atoms with van der Waals surface area (Å²) in [6.45, 7) is 1.29. The highest BCUT2D eigenvalue weighted by molar-refractivity contribution is 8.00. The molecule has 1 heterocycles. The maximum Gasteiger partial charge on any atom is 0.446 e. The van der Waals surface area contributed by atoms with Crippen molar-refractivity contribution in [2.45, 2.75) is 23.5 Å². The Hall–Kier alpha value is -1.66. The minimum atomic E-state index is -4.71. The molecule has 0 aliphatic rings. The molecule has 4 nitrogen and oxygen atoms in total. The van der Waals surface area contributed by atoms with Gasteiger partial charge in [-0.1, -0.05) is 23.8 Å². The Morgan fingerprint density at radius 3 is 2.23 bits per heavy atom. The van der Waals surface area contributed by atoms with Gasteiger partial charge in [-0.25, -0.2) is 4.68 Å². The van der Waals surface area contributed by atoms with Gasteiger partial charge in [0, 0.05) is 0 Å². The normalized spacial score (nSPS) is 12.5. The molecule has 0 aliphatic carbocycles. The minimum Gasteiger partial charge on any atom is -0.388 e. The number of thiocarbonyl (C=S) groups is 1. The molecule has 0 bridgehead atoms. The van der Waals surface area contributed by atoms with Crippen molar-refractivity contribution in [3.8, 4) is 5.69 Å². The van der Waals surface area contributed by atoms with Crippen LogP contribution in [0.1, 0.15) is 16.8 Å². The summed E-state index contributed by atoms with van der Waals surface area (Å²) in [4.78, 5) is -1.01. The lowest BCUT2D eigenvalue weighted by Crippen LogP contribution is -2.13. The van der Waals surface area contributed by atoms with Crippen LogP contribution in [0, 0.1) is 6.92 Å². The first-order chi connectivity index (χ1) is 11.7. The molecule has 0 amide bonds. The third kappa shape index (κ3) is 4.18. The molecule has 142 valence electrons. The van der Waals surface area contributed by atoms with Crippen molar-refractivity contribution in [1.29, 1.82) is 0 Å². The molecule has 4 N–H and O–H groups in total. The van der Waals surface area contributed by atoms with Crippen molar-refractivity contribution in [1.82, 2.24) is 9.78 Å². The molecular formula is C13H9ClF6N4S2. The molecular weight excluding hydrogens is 426 g/mol. The number of benzene rings is 1. The number of alkyl halides is 6. The van der Waals surface area contributed by atoms with Crippen LogP contribution >= 0.6 is 35.6 Å². The number of halogens is 7. The summed E-state index contributed by atoms with van der Waals surface area (Å²) in [6.07, 6.45) is -4.65. The molecule has 13 heteroatoms. The predicted molar refractivity (Wildman–Crippen MR) is 90.5 cm³/mol. The number of hydrogen-bond acceptors (Lipinski definition) is 4. The van der Waals surface area contributed by atoms with Gasteiger partial charge >= 0.3 is 11.7 Å². The Morgan fingerprint density at radius 1 is 1.23 bits per heavy atom. The summed E-state index contributed by atoms with van der Waals surface area (Å²) >= 11 is 10.0. The first-order valence-corrected chi connectivity index (χ1v) is 8.14. The van der Waals surface area contributed by atoms with Gasteiger partial charge < -0.3 is 11.5 Å². The number of aromatic nitrogens is 2. The van der Waals surface area contributed by atoms with Crippen LogP contribution < -0.4 is 11.5 Å². The Bertz CT molecular complexity index is 852. The van der Waals surface area contributed by atoms with Crippen LogP contribution in [-0.2, 0) is 6.18 Å². The molecule has 0 saturated carbocycles. The predicted octanol–water partition coefficient (Wildman–Crippen LogP) is 4.68. The fraction of sp³-hybridized carbons (Fsp3) is 0.231. The average Bonchev–Trinajstić information content (AvgIpc) is 2.73. The molecule has 1 aromatic heterocycles. The van der Waals surface area contributed by atoms with Gasteiger partial charge in [0.2, 0.25) is 0 Å². The van der Waals surface area contributed by atoms with Crippen molar-refractivity contribution in [3.05, 3.63) is 34.0 Å². The topological polar surface area (TPSA) is 69.9 Å². The van der Waals surface area contributed by atoms with Gasteiger partial charge in [0.15, 0.2) is 0 Å². The molecule has 0 fully saturated rings. The van der Waals surface area contributed by atoms with Crippen molar-refractivity contribution in [3.63, 3.8) is 0 Å². The molecule has 0 aliphatic heterocycles. The van der Waals surface area contributed by atoms with Crippen molar-refractivity contribution in [2.24, 2.45) is 5.73 Å². The number of hydrogen-bond donors (Lipinski definition) is 2. The molecule has 0 unspecified atom stereocenters. The van der Waals surface area contributed by atoms with E-state index < -0.39 is 55.4 Å². The van der Waals surface area contributed by atoms with Crippen LogP contribution in [0.25, 0.3) is 5.69 Å². The highest BCUT2D eigenvalue weighted by Crippen LogP contribution is 2.43. The minimum absolute atomic E-state index is 0.00271. The molecule has 0 saturated heterocycles. The number of aryl methyl sites for hydroxylation is 1. The van der Waals surface area contributed by atoms with Crippen LogP contribution in [0.4, 0.5) is 32.2 Å². The van der Waals surface area contributed by atoms with Crippen LogP contribution in [0.3, 0.4) is 0 Å². The fourth-order valence-corrected chi connectivity index (χ4v) is 3.36. The van der Waals surface area contributed by atoms with Crippen molar-refractivity contribution in [2.75, 3.05) is 5.73 Å². The molecule has 0 spiro atoms. The lowest BCUT2D eigenvalue weighted by molar-refractivity contribution is -0.137. The van der Waals surface area contributed by atoms with E-state index in [-0.39, 0.29) is 11.3 Å². The summed E-state index contributed by atoms with van der Waals surface area (Å²) < 4.78 is 77.6. The SMILES string of the molecule is Cc1cc(C(F)(F)F)cc(Cl)c1-n1nc(C(N)=S)c(SC(F)(F)F)c1N. The van der Waals surface area contributed by atoms with E-state index in [1.54, 1.807) is 0 Å². The van der Waals surface area contributed by atoms with E-state index >= 15 is 0 Å². The van der Waals surface area contributed by atoms with E-state index in [0.717, 1.165) is 10.7 Å². The van der Waals surface area contributed by atoms with E-state index in [1.165, 1.54) is 6.92 Å². The first-order valence-electron chi connectivity index (χ1n) is 6.54. The van der Waals surface area contributed by atoms with E-state index in [1.807, 2.05) is 0 Å². The average molecular weight is 435 g/mol. The monoisotopic (exact) mass is 434 g/mol. The molecule has 0 radical (unpaired) electrons. The highest BCUT2D eigenvalue weighted by atomic mass is 35.5. The second kappa shape index (κ2) is 6.82. The molecule has 2 aromatic rings. The number of nitrogen functional groups attached to an aromatic ring is 1. The number of nitrogens with zero attached hydrogens (tertiary/aromatic N) is 2. The Kier molecular flexibility index (Phi) is 5.41. The van der Waals surface area contributed by atoms with Crippen LogP contribution in [-0.4, -0.2) is 20.3 Å². The van der Waals surface area contributed by atoms with E-state index in [0.29, 0.717) is 6.07 Å². The fourth-order valence-electron chi connectivity index (χ4n) is 2.13. The highest BCUT2D eigenvalue weighted by Gasteiger charge is 2.36. The third-order valence-corrected chi connectivity index (χ3v) is 4.44. The van der Waals surface area contributed by atoms with Gasteiger partial charge in [0.05, 0.1) is 21.2 Å². The van der Waals surface area contributed by atoms with E-state index in [4.69, 9.17) is 23.1 Å². The lowest BCUT2D eigenvalue weighted by atomic mass is 10.1. The summed E-state index contributed by atoms with van der Waals surface area (Å²) in [7, 11) is 0. The van der Waals surface area contributed by atoms with Crippen molar-refractivity contribution < 1.29 is 26.3 Å². The number of rotatable bonds is 3. The number of anilines is 1. The quantitative estimate of drug-likeness (QED) is 0.417. The second-order valence-corrected chi connectivity index (χ2v) is 6.93. The number of nitrogens with two attached hydrogens (primary N) is 2. The third-order valence-electron chi connectivity index (χ3n) is 3.12. The largest absolute Gasteiger partial charge is 0.446 e. The maximum atomic E-state index is 12.9. The lowest BCUT2D eigenvalue weighted by Gasteiger charge is -2.14. The Balaban J connectivity index is 2.70. The van der Waals surface area contributed by atoms with Crippen LogP contribution in [0.5, 0.6) is 0 Å². The standard InChI is InChI=1S/C13H9ClF6N4S2/c1-4-2-5(12(15,16)17)3-6(14)8(4)24-10(21)9(26-13(18,19)20)7(23-24)11(22)25/h2-3H,21H2,1H3,(H2,22,25). The zero-order chi connectivity index (χ0) is 20.0. The maximum absolute atomic E-state index is 12.9. The Labute approximate surface area is 157 Å². The summed E-state index contributed by atoms with van der Waals surface area (Å²) in [5.41, 5.74) is 4.87. The van der Waals surface area contributed by atoms with Gasteiger partial charge in [0.25, 0.3) is 0 Å². The molecule has 1 aromatic carbocycles. The zero-order valence-corrected chi connectivity index (χ0v) is 15.1. The van der Waals surface area contributed by atoms with Gasteiger partial charge in [-0.15, -0.1) is 0 Å². The second-order valence-electron chi connectivity index (χ2n) is 5.01. The van der Waals surface area contributed by atoms with Crippen LogP contribution in [0.2, 0.25) is 5.02 Å². The molecule has 0 atom stereocenters. The van der Waals surface area contributed by atoms with Crippen molar-refractivity contribution >= 4 is 46.4 Å². The summed E-state index contributed by atoms with van der Waals surface area (Å²) in [6, 6.07) is 1.40. The van der Waals surface area contributed by atoms with Crippen LogP contribution in [0.15, 0.2) is 17.0 Å². The smallest absolute Gasteiger partial charge is 0.388 e. The van der Waals surface area contributed by atoms with Gasteiger partial charge in [-0.3, -0.25) is 0 Å². The van der Waals surface area contributed by atoms with Gasteiger partial charge in [-0.2, -0.15) is 31.4 Å². The van der Waals surface area contributed by atoms with Gasteiger partial charge in [0.1, 0.15) is 16.5 Å². The van der Waals surface area contributed by atoms with E-state index in [2.05, 4.69) is 17.3 Å². The zero-order valence-electron chi connectivity index (χ0n) is 12.7. The molecule has 2 rings (SSSR count). The Morgan fingerprint density at radius 2 is 1.81 bits per heavy atom. The summed E-state index contributed by atoms with van der Waals surface area (Å²) in [5.74, 6) is -0.500. The van der Waals surface area contributed by atoms with E-state index in [9.17, 15) is 26.3 Å². The number of thioether (sulfide) groups is 1. The summed E-state index contributed by atoms with van der Waals surface area (Å²) in [5, 5.41) is 3.42. The molecule has 26 heavy (non-hydrogen) atoms. The van der Waals surface area contributed by atoms with Gasteiger partial charge in [-0.05, 0) is 36.4 Å². The first kappa shape index (κ1) is 20.6.